The van der Waals surface area contributed by atoms with Crippen molar-refractivity contribution in [1.82, 2.24) is 9.88 Å². The summed E-state index contributed by atoms with van der Waals surface area (Å²) in [5.74, 6) is -1.39. The van der Waals surface area contributed by atoms with Crippen LogP contribution in [0.2, 0.25) is 0 Å². The second kappa shape index (κ2) is 7.98. The number of ether oxygens (including phenoxy) is 1. The Hall–Kier alpha value is -2.24. The van der Waals surface area contributed by atoms with Gasteiger partial charge in [-0.25, -0.2) is 4.79 Å². The van der Waals surface area contributed by atoms with Crippen molar-refractivity contribution in [2.45, 2.75) is 58.4 Å². The summed E-state index contributed by atoms with van der Waals surface area (Å²) in [6, 6.07) is 4.99. The molecule has 0 radical (unpaired) electrons. The largest absolute Gasteiger partial charge is 0.464 e. The molecule has 0 N–H and O–H groups in total. The molecule has 3 rings (SSSR count). The minimum Gasteiger partial charge on any atom is -0.464 e. The summed E-state index contributed by atoms with van der Waals surface area (Å²) in [4.78, 5) is 42.9. The van der Waals surface area contributed by atoms with Crippen molar-refractivity contribution in [1.29, 1.82) is 0 Å². The van der Waals surface area contributed by atoms with Gasteiger partial charge < -0.3 is 4.74 Å². The third-order valence-corrected chi connectivity index (χ3v) is 5.37. The van der Waals surface area contributed by atoms with Crippen LogP contribution in [0.1, 0.15) is 50.4 Å². The number of likely N-dealkylation sites (tertiary alicyclic amines) is 1. The summed E-state index contributed by atoms with van der Waals surface area (Å²) >= 11 is 0. The van der Waals surface area contributed by atoms with Crippen molar-refractivity contribution in [3.8, 4) is 0 Å². The minimum absolute atomic E-state index is 0.201. The Labute approximate surface area is 153 Å². The molecule has 0 bridgehead atoms. The highest BCUT2D eigenvalue weighted by molar-refractivity contribution is 6.07. The van der Waals surface area contributed by atoms with E-state index in [9.17, 15) is 14.4 Å². The van der Waals surface area contributed by atoms with Crippen LogP contribution in [0.25, 0.3) is 0 Å². The zero-order valence-corrected chi connectivity index (χ0v) is 15.4. The first-order chi connectivity index (χ1) is 12.5. The molecule has 3 atom stereocenters. The van der Waals surface area contributed by atoms with Gasteiger partial charge in [-0.2, -0.15) is 0 Å². The van der Waals surface area contributed by atoms with Crippen molar-refractivity contribution in [3.63, 3.8) is 0 Å². The lowest BCUT2D eigenvalue weighted by Gasteiger charge is -2.21. The van der Waals surface area contributed by atoms with Gasteiger partial charge in [-0.05, 0) is 51.7 Å². The third-order valence-electron chi connectivity index (χ3n) is 5.37. The van der Waals surface area contributed by atoms with Crippen LogP contribution in [-0.2, 0) is 25.5 Å². The van der Waals surface area contributed by atoms with E-state index < -0.39 is 12.0 Å². The second-order valence-corrected chi connectivity index (χ2v) is 7.26. The molecule has 6 nitrogen and oxygen atoms in total. The Morgan fingerprint density at radius 3 is 2.50 bits per heavy atom. The molecule has 3 unspecified atom stereocenters. The Balaban J connectivity index is 1.50. The van der Waals surface area contributed by atoms with Gasteiger partial charge in [0.25, 0.3) is 0 Å². The van der Waals surface area contributed by atoms with Gasteiger partial charge in [0.05, 0.1) is 18.4 Å². The lowest BCUT2D eigenvalue weighted by molar-refractivity contribution is -0.158. The van der Waals surface area contributed by atoms with E-state index in [2.05, 4.69) is 4.98 Å². The highest BCUT2D eigenvalue weighted by atomic mass is 16.5. The topological polar surface area (TPSA) is 76.6 Å². The summed E-state index contributed by atoms with van der Waals surface area (Å²) < 4.78 is 5.31. The normalized spacial score (nSPS) is 23.7. The number of carbonyl (C=O) groups excluding carboxylic acids is 3. The van der Waals surface area contributed by atoms with Crippen molar-refractivity contribution in [2.24, 2.45) is 11.8 Å². The second-order valence-electron chi connectivity index (χ2n) is 7.26. The number of nitrogens with zero attached hydrogens (tertiary/aromatic N) is 2. The monoisotopic (exact) mass is 358 g/mol. The van der Waals surface area contributed by atoms with Crippen LogP contribution in [0.15, 0.2) is 18.2 Å². The van der Waals surface area contributed by atoms with E-state index in [0.29, 0.717) is 6.42 Å². The summed E-state index contributed by atoms with van der Waals surface area (Å²) in [7, 11) is 0. The Bertz CT molecular complexity index is 679. The number of imide groups is 1. The van der Waals surface area contributed by atoms with Crippen LogP contribution in [0, 0.1) is 18.8 Å². The number of aromatic nitrogens is 1. The maximum Gasteiger partial charge on any atom is 0.329 e. The van der Waals surface area contributed by atoms with E-state index in [1.807, 2.05) is 25.1 Å². The Morgan fingerprint density at radius 1 is 1.23 bits per heavy atom. The van der Waals surface area contributed by atoms with E-state index >= 15 is 0 Å². The molecule has 2 amide bonds. The highest BCUT2D eigenvalue weighted by Crippen LogP contribution is 2.38. The molecule has 1 aromatic heterocycles. The van der Waals surface area contributed by atoms with Crippen LogP contribution in [-0.4, -0.2) is 40.3 Å². The maximum absolute atomic E-state index is 12.5. The number of rotatable bonds is 6. The van der Waals surface area contributed by atoms with Gasteiger partial charge in [-0.1, -0.05) is 18.9 Å². The Kier molecular flexibility index (Phi) is 5.69. The third kappa shape index (κ3) is 3.79. The first-order valence-electron chi connectivity index (χ1n) is 9.45. The predicted octanol–water partition coefficient (Wildman–Crippen LogP) is 2.43. The zero-order chi connectivity index (χ0) is 18.7. The highest BCUT2D eigenvalue weighted by Gasteiger charge is 2.51. The first-order valence-corrected chi connectivity index (χ1v) is 9.45. The molecule has 1 aliphatic carbocycles. The van der Waals surface area contributed by atoms with Crippen LogP contribution in [0.5, 0.6) is 0 Å². The molecule has 1 aliphatic heterocycles. The van der Waals surface area contributed by atoms with Crippen molar-refractivity contribution in [3.05, 3.63) is 29.6 Å². The fraction of sp³-hybridized carbons (Fsp3) is 0.600. The van der Waals surface area contributed by atoms with E-state index in [1.165, 1.54) is 0 Å². The number of pyridine rings is 1. The number of aryl methyl sites for hydroxylation is 2. The summed E-state index contributed by atoms with van der Waals surface area (Å²) in [5.41, 5.74) is 1.92. The molecule has 26 heavy (non-hydrogen) atoms. The minimum atomic E-state index is -0.849. The van der Waals surface area contributed by atoms with E-state index in [-0.39, 0.29) is 30.3 Å². The van der Waals surface area contributed by atoms with Crippen LogP contribution < -0.4 is 0 Å². The molecule has 0 aromatic carbocycles. The van der Waals surface area contributed by atoms with Gasteiger partial charge >= 0.3 is 5.97 Å². The molecule has 1 aromatic rings. The van der Waals surface area contributed by atoms with Crippen molar-refractivity contribution in [2.75, 3.05) is 6.61 Å². The van der Waals surface area contributed by atoms with Gasteiger partial charge in [-0.15, -0.1) is 0 Å². The molecule has 0 spiro atoms. The fourth-order valence-electron chi connectivity index (χ4n) is 3.96. The van der Waals surface area contributed by atoms with Gasteiger partial charge in [0.1, 0.15) is 6.04 Å². The molecule has 6 heteroatoms. The number of amides is 2. The quantitative estimate of drug-likeness (QED) is 0.443. The molecular weight excluding hydrogens is 332 g/mol. The molecule has 2 fully saturated rings. The molecule has 2 aliphatic rings. The zero-order valence-electron chi connectivity index (χ0n) is 15.4. The summed E-state index contributed by atoms with van der Waals surface area (Å²) in [6.07, 6.45) is 4.81. The number of hydrogen-bond acceptors (Lipinski definition) is 5. The molecule has 1 saturated heterocycles. The van der Waals surface area contributed by atoms with E-state index in [1.54, 1.807) is 6.92 Å². The van der Waals surface area contributed by atoms with Crippen molar-refractivity contribution >= 4 is 17.8 Å². The average molecular weight is 358 g/mol. The number of esters is 1. The SMILES string of the molecule is Cc1cccc(CCCOC(=O)C(C)N2C(=O)C3CCCCC3C2=O)n1. The van der Waals surface area contributed by atoms with Gasteiger partial charge in [0, 0.05) is 11.4 Å². The molecule has 140 valence electrons. The number of carbonyl (C=O) groups is 3. The predicted molar refractivity (Wildman–Crippen MR) is 95.0 cm³/mol. The molecular formula is C20H26N2O4. The van der Waals surface area contributed by atoms with Crippen LogP contribution in [0.3, 0.4) is 0 Å². The average Bonchev–Trinajstić information content (AvgIpc) is 2.89. The van der Waals surface area contributed by atoms with Crippen LogP contribution >= 0.6 is 0 Å². The Morgan fingerprint density at radius 2 is 1.88 bits per heavy atom. The van der Waals surface area contributed by atoms with Gasteiger partial charge in [0.2, 0.25) is 11.8 Å². The van der Waals surface area contributed by atoms with E-state index in [0.717, 1.165) is 48.4 Å². The van der Waals surface area contributed by atoms with Gasteiger partial charge in [0.15, 0.2) is 0 Å². The lowest BCUT2D eigenvalue weighted by atomic mass is 9.81. The smallest absolute Gasteiger partial charge is 0.329 e. The van der Waals surface area contributed by atoms with E-state index in [4.69, 9.17) is 4.74 Å². The van der Waals surface area contributed by atoms with Crippen LogP contribution in [0.4, 0.5) is 0 Å². The first kappa shape index (κ1) is 18.5. The van der Waals surface area contributed by atoms with Gasteiger partial charge in [-0.3, -0.25) is 19.5 Å². The number of fused-ring (bicyclic) bond motifs is 1. The standard InChI is InChI=1S/C20H26N2O4/c1-13-7-5-8-15(21-13)9-6-12-26-20(25)14(2)22-18(23)16-10-3-4-11-17(16)19(22)24/h5,7-8,14,16-17H,3-4,6,9-12H2,1-2H3. The molecule has 2 heterocycles. The maximum atomic E-state index is 12.5. The van der Waals surface area contributed by atoms with Crippen molar-refractivity contribution < 1.29 is 19.1 Å². The number of hydrogen-bond donors (Lipinski definition) is 0. The lowest BCUT2D eigenvalue weighted by Crippen LogP contribution is -2.44. The summed E-state index contributed by atoms with van der Waals surface area (Å²) in [6.45, 7) is 3.77. The molecule has 1 saturated carbocycles. The fourth-order valence-corrected chi connectivity index (χ4v) is 3.96. The summed E-state index contributed by atoms with van der Waals surface area (Å²) in [5, 5.41) is 0.